The number of methoxy groups -OCH3 is 1. The van der Waals surface area contributed by atoms with Crippen molar-refractivity contribution in [3.8, 4) is 0 Å². The van der Waals surface area contributed by atoms with Gasteiger partial charge in [-0.2, -0.15) is 0 Å². The van der Waals surface area contributed by atoms with Crippen molar-refractivity contribution in [2.45, 2.75) is 63.4 Å². The molecule has 2 rings (SSSR count). The number of carbonyl (C=O) groups is 3. The number of hydroxylamine groups is 1. The minimum Gasteiger partial charge on any atom is -0.353 e. The van der Waals surface area contributed by atoms with E-state index in [1.54, 1.807) is 5.48 Å². The first-order valence-corrected chi connectivity index (χ1v) is 9.79. The maximum atomic E-state index is 12.2. The van der Waals surface area contributed by atoms with E-state index in [0.717, 1.165) is 5.69 Å². The summed E-state index contributed by atoms with van der Waals surface area (Å²) in [6, 6.07) is 8.96. The Morgan fingerprint density at radius 3 is 2.31 bits per heavy atom. The Morgan fingerprint density at radius 1 is 1.03 bits per heavy atom. The Bertz CT molecular complexity index is 669. The van der Waals surface area contributed by atoms with E-state index in [0.29, 0.717) is 38.5 Å². The molecule has 1 aromatic rings. The van der Waals surface area contributed by atoms with E-state index in [-0.39, 0.29) is 36.7 Å². The fraction of sp³-hybridized carbons (Fsp3) is 0.550. The van der Waals surface area contributed by atoms with Crippen LogP contribution in [0, 0.1) is 0 Å². The largest absolute Gasteiger partial charge is 0.353 e. The summed E-state index contributed by atoms with van der Waals surface area (Å²) in [6.45, 7) is 0. The monoisotopic (exact) mass is 407 g/mol. The van der Waals surface area contributed by atoms with Gasteiger partial charge in [0.15, 0.2) is 6.29 Å². The third kappa shape index (κ3) is 8.59. The summed E-state index contributed by atoms with van der Waals surface area (Å²) in [7, 11) is 1.53. The molecule has 29 heavy (non-hydrogen) atoms. The van der Waals surface area contributed by atoms with Crippen LogP contribution in [0.4, 0.5) is 5.69 Å². The van der Waals surface area contributed by atoms with Crippen LogP contribution in [-0.4, -0.2) is 48.5 Å². The summed E-state index contributed by atoms with van der Waals surface area (Å²) in [6.07, 6.45) is 2.43. The molecule has 0 aromatic heterocycles. The van der Waals surface area contributed by atoms with E-state index in [4.69, 9.17) is 14.7 Å². The van der Waals surface area contributed by atoms with Crippen molar-refractivity contribution in [1.82, 2.24) is 10.8 Å². The number of ether oxygens (including phenoxy) is 2. The standard InChI is InChI=1S/C20H29N3O6/c1-28-20-19(29-20)15(10-7-13-18(26)23-27)22-17(25)12-6-5-11-16(24)21-14-8-3-2-4-9-14/h2-4,8-9,15,19-20,27H,5-7,10-13H2,1H3,(H,21,24)(H,22,25)(H,23,26)/t15-,19?,20?/m1/s1. The van der Waals surface area contributed by atoms with Crippen molar-refractivity contribution in [3.05, 3.63) is 30.3 Å². The number of nitrogens with one attached hydrogen (secondary N) is 3. The lowest BCUT2D eigenvalue weighted by Crippen LogP contribution is -2.39. The van der Waals surface area contributed by atoms with Crippen molar-refractivity contribution < 1.29 is 29.1 Å². The fourth-order valence-electron chi connectivity index (χ4n) is 3.04. The molecule has 9 heteroatoms. The lowest BCUT2D eigenvalue weighted by atomic mass is 10.1. The molecule has 3 amide bonds. The molecule has 1 saturated heterocycles. The van der Waals surface area contributed by atoms with Gasteiger partial charge in [0, 0.05) is 32.1 Å². The predicted molar refractivity (Wildman–Crippen MR) is 105 cm³/mol. The summed E-state index contributed by atoms with van der Waals surface area (Å²) < 4.78 is 10.5. The van der Waals surface area contributed by atoms with Gasteiger partial charge in [-0.05, 0) is 37.8 Å². The average Bonchev–Trinajstić information content (AvgIpc) is 3.51. The van der Waals surface area contributed by atoms with Gasteiger partial charge >= 0.3 is 0 Å². The van der Waals surface area contributed by atoms with E-state index >= 15 is 0 Å². The molecule has 0 bridgehead atoms. The van der Waals surface area contributed by atoms with E-state index in [1.807, 2.05) is 30.3 Å². The van der Waals surface area contributed by atoms with Gasteiger partial charge in [-0.1, -0.05) is 18.2 Å². The number of carbonyl (C=O) groups excluding carboxylic acids is 3. The molecule has 160 valence electrons. The summed E-state index contributed by atoms with van der Waals surface area (Å²) in [5.41, 5.74) is 2.34. The molecule has 1 aromatic carbocycles. The zero-order chi connectivity index (χ0) is 21.1. The van der Waals surface area contributed by atoms with Crippen LogP contribution in [-0.2, 0) is 23.9 Å². The SMILES string of the molecule is COC1OC1[C@@H](CCCC(=O)NO)NC(=O)CCCCC(=O)Nc1ccccc1. The van der Waals surface area contributed by atoms with Crippen LogP contribution in [0.2, 0.25) is 0 Å². The van der Waals surface area contributed by atoms with Gasteiger partial charge in [0.2, 0.25) is 17.7 Å². The first-order chi connectivity index (χ1) is 14.0. The van der Waals surface area contributed by atoms with Crippen LogP contribution in [0.15, 0.2) is 30.3 Å². The average molecular weight is 407 g/mol. The molecule has 4 N–H and O–H groups in total. The topological polar surface area (TPSA) is 129 Å². The second-order valence-electron chi connectivity index (χ2n) is 6.93. The molecular formula is C20H29N3O6. The van der Waals surface area contributed by atoms with Gasteiger partial charge in [0.25, 0.3) is 0 Å². The fourth-order valence-corrected chi connectivity index (χ4v) is 3.04. The molecule has 0 saturated carbocycles. The Morgan fingerprint density at radius 2 is 1.69 bits per heavy atom. The Kier molecular flexibility index (Phi) is 9.55. The van der Waals surface area contributed by atoms with Crippen LogP contribution in [0.3, 0.4) is 0 Å². The lowest BCUT2D eigenvalue weighted by Gasteiger charge is -2.16. The Hall–Kier alpha value is -2.49. The lowest BCUT2D eigenvalue weighted by molar-refractivity contribution is -0.129. The number of hydrogen-bond donors (Lipinski definition) is 4. The van der Waals surface area contributed by atoms with Gasteiger partial charge in [-0.15, -0.1) is 0 Å². The molecule has 2 unspecified atom stereocenters. The molecule has 9 nitrogen and oxygen atoms in total. The van der Waals surface area contributed by atoms with Crippen LogP contribution < -0.4 is 16.1 Å². The van der Waals surface area contributed by atoms with Gasteiger partial charge in [0.05, 0.1) is 6.04 Å². The second-order valence-corrected chi connectivity index (χ2v) is 6.93. The highest BCUT2D eigenvalue weighted by molar-refractivity contribution is 5.90. The highest BCUT2D eigenvalue weighted by atomic mass is 16.8. The molecule has 1 heterocycles. The van der Waals surface area contributed by atoms with Crippen molar-refractivity contribution in [2.24, 2.45) is 0 Å². The third-order valence-electron chi connectivity index (χ3n) is 4.62. The van der Waals surface area contributed by atoms with E-state index < -0.39 is 5.91 Å². The van der Waals surface area contributed by atoms with Crippen molar-refractivity contribution in [2.75, 3.05) is 12.4 Å². The molecule has 0 spiro atoms. The molecule has 1 aliphatic heterocycles. The quantitative estimate of drug-likeness (QED) is 0.171. The van der Waals surface area contributed by atoms with Crippen LogP contribution in [0.25, 0.3) is 0 Å². The number of epoxide rings is 1. The van der Waals surface area contributed by atoms with E-state index in [1.165, 1.54) is 7.11 Å². The Balaban J connectivity index is 1.65. The molecular weight excluding hydrogens is 378 g/mol. The zero-order valence-electron chi connectivity index (χ0n) is 16.6. The first-order valence-electron chi connectivity index (χ1n) is 9.79. The summed E-state index contributed by atoms with van der Waals surface area (Å²) >= 11 is 0. The molecule has 1 aliphatic rings. The molecule has 1 fully saturated rings. The van der Waals surface area contributed by atoms with E-state index in [9.17, 15) is 14.4 Å². The normalized spacial score (nSPS) is 18.6. The maximum Gasteiger partial charge on any atom is 0.243 e. The maximum absolute atomic E-state index is 12.2. The number of para-hydroxylation sites is 1. The minimum atomic E-state index is -0.469. The number of amides is 3. The smallest absolute Gasteiger partial charge is 0.243 e. The summed E-state index contributed by atoms with van der Waals surface area (Å²) in [4.78, 5) is 35.3. The van der Waals surface area contributed by atoms with Crippen molar-refractivity contribution in [1.29, 1.82) is 0 Å². The number of anilines is 1. The van der Waals surface area contributed by atoms with E-state index in [2.05, 4.69) is 10.6 Å². The van der Waals surface area contributed by atoms with Gasteiger partial charge in [-0.25, -0.2) is 5.48 Å². The summed E-state index contributed by atoms with van der Waals surface area (Å²) in [5.74, 6) is -0.676. The van der Waals surface area contributed by atoms with Crippen molar-refractivity contribution in [3.63, 3.8) is 0 Å². The zero-order valence-corrected chi connectivity index (χ0v) is 16.6. The first kappa shape index (κ1) is 22.8. The number of unbranched alkanes of at least 4 members (excludes halogenated alkanes) is 1. The van der Waals surface area contributed by atoms with Gasteiger partial charge in [-0.3, -0.25) is 19.6 Å². The summed E-state index contributed by atoms with van der Waals surface area (Å²) in [5, 5.41) is 14.3. The van der Waals surface area contributed by atoms with Gasteiger partial charge in [0.1, 0.15) is 6.10 Å². The van der Waals surface area contributed by atoms with Crippen LogP contribution in [0.1, 0.15) is 44.9 Å². The number of benzene rings is 1. The number of rotatable bonds is 13. The number of hydrogen-bond acceptors (Lipinski definition) is 6. The van der Waals surface area contributed by atoms with Crippen molar-refractivity contribution >= 4 is 23.4 Å². The second kappa shape index (κ2) is 12.2. The van der Waals surface area contributed by atoms with Crippen LogP contribution >= 0.6 is 0 Å². The van der Waals surface area contributed by atoms with Crippen LogP contribution in [0.5, 0.6) is 0 Å². The minimum absolute atomic E-state index is 0.0778. The third-order valence-corrected chi connectivity index (χ3v) is 4.62. The molecule has 0 radical (unpaired) electrons. The molecule has 3 atom stereocenters. The predicted octanol–water partition coefficient (Wildman–Crippen LogP) is 1.72. The molecule has 0 aliphatic carbocycles. The highest BCUT2D eigenvalue weighted by Crippen LogP contribution is 2.28. The van der Waals surface area contributed by atoms with Gasteiger partial charge < -0.3 is 20.1 Å². The highest BCUT2D eigenvalue weighted by Gasteiger charge is 2.45. The Labute approximate surface area is 170 Å².